The van der Waals surface area contributed by atoms with E-state index in [-0.39, 0.29) is 91.4 Å². The van der Waals surface area contributed by atoms with E-state index in [0.717, 1.165) is 12.8 Å². The van der Waals surface area contributed by atoms with Crippen molar-refractivity contribution in [3.63, 3.8) is 0 Å². The van der Waals surface area contributed by atoms with Gasteiger partial charge >= 0.3 is 21.7 Å². The van der Waals surface area contributed by atoms with E-state index in [0.29, 0.717) is 5.92 Å². The van der Waals surface area contributed by atoms with Crippen LogP contribution in [0.5, 0.6) is 0 Å². The molecule has 0 heterocycles. The third kappa shape index (κ3) is 11.6. The topological polar surface area (TPSA) is 0 Å². The number of rotatable bonds is 6. The molecular formula is C51H75Cl3SiTi. The van der Waals surface area contributed by atoms with Crippen molar-refractivity contribution in [1.29, 1.82) is 0 Å². The Bertz CT molecular complexity index is 1580. The van der Waals surface area contributed by atoms with E-state index in [4.69, 9.17) is 0 Å². The number of hydrogen-bond donors (Lipinski definition) is 0. The molecular weight excluding hydrogens is 795 g/mol. The SMILES string of the molecule is CCC(C)C1=[C-]CC=C1[Si](c1cc(C(C)(C)C)cc(C(C)(C)C)c1)(c1cc(C(C)(C)C)cc(C(C)(C)C)c1)c1cc(C(C)(C)C)cc(C(C)(C)C)c1.[Cl-].[Cl-].[Cl-].[Ti+4]. The zero-order valence-corrected chi connectivity index (χ0v) is 43.7. The van der Waals surface area contributed by atoms with E-state index in [9.17, 15) is 0 Å². The summed E-state index contributed by atoms with van der Waals surface area (Å²) in [6.07, 6.45) is 8.59. The second kappa shape index (κ2) is 18.7. The molecule has 5 heteroatoms. The molecule has 0 amide bonds. The Morgan fingerprint density at radius 1 is 0.464 bits per heavy atom. The normalized spacial score (nSPS) is 14.7. The Kier molecular flexibility index (Phi) is 18.3. The van der Waals surface area contributed by atoms with Gasteiger partial charge in [0.25, 0.3) is 0 Å². The molecule has 1 aliphatic rings. The minimum atomic E-state index is -3.03. The van der Waals surface area contributed by atoms with Gasteiger partial charge in [-0.25, -0.2) is 5.57 Å². The predicted molar refractivity (Wildman–Crippen MR) is 235 cm³/mol. The summed E-state index contributed by atoms with van der Waals surface area (Å²) < 4.78 is 0. The number of allylic oxidation sites excluding steroid dienone is 4. The standard InChI is InChI=1S/C51H75Si.3ClH.Ti/c1-21-34(2)44-23-22-24-45(44)52(41-28-35(46(3,4)5)25-36(29-41)47(6,7)8,42-30-37(48(9,10)11)26-38(31-42)49(12,13)14)43-32-39(50(15,16)17)27-40(33-43)51(18,19)20;;;;/h24-34H,21-22H2,1-20H3;3*1H;/q-1;;;;+4/p-3. The first kappa shape index (κ1) is 54.9. The first-order valence-electron chi connectivity index (χ1n) is 20.2. The van der Waals surface area contributed by atoms with E-state index in [1.165, 1.54) is 54.5 Å². The van der Waals surface area contributed by atoms with Crippen molar-refractivity contribution >= 4 is 23.6 Å². The van der Waals surface area contributed by atoms with E-state index in [1.807, 2.05) is 0 Å². The smallest absolute Gasteiger partial charge is 1.00 e. The first-order valence-corrected chi connectivity index (χ1v) is 22.2. The Labute approximate surface area is 380 Å². The molecule has 1 atom stereocenters. The predicted octanol–water partition coefficient (Wildman–Crippen LogP) is 3.60. The van der Waals surface area contributed by atoms with E-state index in [2.05, 4.69) is 205 Å². The van der Waals surface area contributed by atoms with Crippen LogP contribution in [0.4, 0.5) is 0 Å². The van der Waals surface area contributed by atoms with Crippen molar-refractivity contribution < 1.29 is 58.9 Å². The number of benzene rings is 3. The van der Waals surface area contributed by atoms with Crippen molar-refractivity contribution in [2.75, 3.05) is 0 Å². The van der Waals surface area contributed by atoms with Gasteiger partial charge in [0, 0.05) is 0 Å². The summed E-state index contributed by atoms with van der Waals surface area (Å²) in [4.78, 5) is 0. The van der Waals surface area contributed by atoms with Crippen molar-refractivity contribution in [2.24, 2.45) is 5.92 Å². The van der Waals surface area contributed by atoms with Crippen LogP contribution in [0.2, 0.25) is 0 Å². The van der Waals surface area contributed by atoms with E-state index >= 15 is 0 Å². The first-order chi connectivity index (χ1) is 23.4. The molecule has 0 bridgehead atoms. The average Bonchev–Trinajstić information content (AvgIpc) is 3.48. The van der Waals surface area contributed by atoms with Crippen LogP contribution < -0.4 is 52.8 Å². The summed E-state index contributed by atoms with van der Waals surface area (Å²) in [6.45, 7) is 47.9. The van der Waals surface area contributed by atoms with Crippen LogP contribution in [0.15, 0.2) is 71.4 Å². The van der Waals surface area contributed by atoms with Crippen LogP contribution in [-0.4, -0.2) is 8.07 Å². The Hall–Kier alpha value is -1.06. The molecule has 0 N–H and O–H groups in total. The minimum Gasteiger partial charge on any atom is -1.00 e. The van der Waals surface area contributed by atoms with Crippen LogP contribution in [-0.2, 0) is 54.2 Å². The van der Waals surface area contributed by atoms with Gasteiger partial charge in [-0.05, 0) is 65.9 Å². The summed E-state index contributed by atoms with van der Waals surface area (Å²) in [6, 6.07) is 23.4. The monoisotopic (exact) mass is 868 g/mol. The molecule has 0 aromatic heterocycles. The summed E-state index contributed by atoms with van der Waals surface area (Å²) >= 11 is 0. The Balaban J connectivity index is 0.00000756. The molecule has 0 nitrogen and oxygen atoms in total. The van der Waals surface area contributed by atoms with Crippen molar-refractivity contribution in [1.82, 2.24) is 0 Å². The quantitative estimate of drug-likeness (QED) is 0.202. The summed E-state index contributed by atoms with van der Waals surface area (Å²) in [7, 11) is -3.03. The van der Waals surface area contributed by atoms with Gasteiger partial charge in [0.2, 0.25) is 0 Å². The third-order valence-electron chi connectivity index (χ3n) is 11.7. The fraction of sp³-hybridized carbons (Fsp3) is 0.569. The Morgan fingerprint density at radius 3 is 0.893 bits per heavy atom. The molecule has 0 fully saturated rings. The van der Waals surface area contributed by atoms with Crippen LogP contribution in [0.3, 0.4) is 0 Å². The molecule has 308 valence electrons. The molecule has 0 spiro atoms. The molecule has 56 heavy (non-hydrogen) atoms. The van der Waals surface area contributed by atoms with Crippen LogP contribution >= 0.6 is 0 Å². The van der Waals surface area contributed by atoms with Crippen LogP contribution in [0.1, 0.15) is 185 Å². The van der Waals surface area contributed by atoms with Gasteiger partial charge in [-0.2, -0.15) is 11.3 Å². The van der Waals surface area contributed by atoms with Crippen LogP contribution in [0, 0.1) is 12.0 Å². The van der Waals surface area contributed by atoms with E-state index in [1.54, 1.807) is 5.20 Å². The molecule has 1 aliphatic carbocycles. The number of hydrogen-bond acceptors (Lipinski definition) is 0. The molecule has 0 saturated heterocycles. The van der Waals surface area contributed by atoms with Gasteiger partial charge in [-0.1, -0.05) is 221 Å². The Morgan fingerprint density at radius 2 is 0.696 bits per heavy atom. The minimum absolute atomic E-state index is 0. The van der Waals surface area contributed by atoms with Gasteiger partial charge in [0.1, 0.15) is 0 Å². The second-order valence-electron chi connectivity index (χ2n) is 22.4. The fourth-order valence-corrected chi connectivity index (χ4v) is 12.9. The summed E-state index contributed by atoms with van der Waals surface area (Å²) in [5.41, 5.74) is 9.97. The number of halogens is 3. The van der Waals surface area contributed by atoms with Gasteiger partial charge in [0.15, 0.2) is 0 Å². The van der Waals surface area contributed by atoms with E-state index < -0.39 is 8.07 Å². The van der Waals surface area contributed by atoms with Crippen molar-refractivity contribution in [2.45, 2.75) is 184 Å². The summed E-state index contributed by atoms with van der Waals surface area (Å²) in [5, 5.41) is 6.09. The zero-order valence-electron chi connectivity index (χ0n) is 38.9. The fourth-order valence-electron chi connectivity index (χ4n) is 7.56. The summed E-state index contributed by atoms with van der Waals surface area (Å²) in [5.74, 6) is 0.425. The van der Waals surface area contributed by atoms with Crippen molar-refractivity contribution in [3.8, 4) is 0 Å². The average molecular weight is 870 g/mol. The molecule has 3 aromatic rings. The maximum atomic E-state index is 4.00. The van der Waals surface area contributed by atoms with Gasteiger partial charge in [-0.3, -0.25) is 6.08 Å². The maximum Gasteiger partial charge on any atom is 4.00 e. The molecule has 0 radical (unpaired) electrons. The molecule has 0 aliphatic heterocycles. The zero-order chi connectivity index (χ0) is 39.6. The van der Waals surface area contributed by atoms with Crippen LogP contribution in [0.25, 0.3) is 0 Å². The molecule has 4 rings (SSSR count). The maximum absolute atomic E-state index is 4.00. The largest absolute Gasteiger partial charge is 4.00 e. The van der Waals surface area contributed by atoms with Gasteiger partial charge in [0.05, 0.1) is 8.07 Å². The third-order valence-corrected chi connectivity index (χ3v) is 16.4. The molecule has 1 unspecified atom stereocenters. The molecule has 3 aromatic carbocycles. The van der Waals surface area contributed by atoms with Gasteiger partial charge in [-0.15, -0.1) is 6.42 Å². The van der Waals surface area contributed by atoms with Gasteiger partial charge < -0.3 is 37.2 Å². The second-order valence-corrected chi connectivity index (χ2v) is 26.1. The van der Waals surface area contributed by atoms with Crippen molar-refractivity contribution in [3.05, 3.63) is 111 Å². The molecule has 0 saturated carbocycles.